The second-order valence-corrected chi connectivity index (χ2v) is 10.2. The van der Waals surface area contributed by atoms with E-state index in [0.717, 1.165) is 29.8 Å². The Morgan fingerprint density at radius 1 is 1.15 bits per heavy atom. The average molecular weight is 561 g/mol. The number of nitrogens with two attached hydrogens (primary N) is 1. The molecule has 1 fully saturated rings. The summed E-state index contributed by atoms with van der Waals surface area (Å²) in [6.45, 7) is 3.29. The van der Waals surface area contributed by atoms with Gasteiger partial charge in [0.05, 0.1) is 18.0 Å². The first-order chi connectivity index (χ1) is 19.5. The molecule has 9 nitrogen and oxygen atoms in total. The Kier molecular flexibility index (Phi) is 8.64. The third kappa shape index (κ3) is 5.96. The van der Waals surface area contributed by atoms with Gasteiger partial charge in [-0.3, -0.25) is 4.79 Å². The van der Waals surface area contributed by atoms with E-state index in [0.29, 0.717) is 54.0 Å². The van der Waals surface area contributed by atoms with E-state index >= 15 is 0 Å². The summed E-state index contributed by atoms with van der Waals surface area (Å²) in [6, 6.07) is 17.3. The van der Waals surface area contributed by atoms with Crippen molar-refractivity contribution in [3.05, 3.63) is 78.2 Å². The topological polar surface area (TPSA) is 98.7 Å². The zero-order chi connectivity index (χ0) is 28.1. The maximum absolute atomic E-state index is 12.9. The maximum atomic E-state index is 12.9. The van der Waals surface area contributed by atoms with Crippen LogP contribution in [0.2, 0.25) is 5.15 Å². The third-order valence-electron chi connectivity index (χ3n) is 7.07. The van der Waals surface area contributed by atoms with Crippen LogP contribution in [0.25, 0.3) is 22.2 Å². The van der Waals surface area contributed by atoms with Crippen LogP contribution in [0.3, 0.4) is 0 Å². The molecule has 1 aliphatic rings. The maximum Gasteiger partial charge on any atom is 0.246 e. The van der Waals surface area contributed by atoms with Gasteiger partial charge in [-0.2, -0.15) is 0 Å². The molecule has 1 aliphatic heterocycles. The molecular weight excluding hydrogens is 528 g/mol. The lowest BCUT2D eigenvalue weighted by atomic mass is 10.1. The number of methoxy groups -OCH3 is 1. The van der Waals surface area contributed by atoms with Crippen molar-refractivity contribution < 1.29 is 14.3 Å². The number of rotatable bonds is 10. The summed E-state index contributed by atoms with van der Waals surface area (Å²) in [4.78, 5) is 25.6. The summed E-state index contributed by atoms with van der Waals surface area (Å²) in [5.74, 6) is 1.81. The molecule has 0 radical (unpaired) electrons. The number of fused-ring (bicyclic) bond motifs is 1. The van der Waals surface area contributed by atoms with E-state index in [4.69, 9.17) is 26.8 Å². The summed E-state index contributed by atoms with van der Waals surface area (Å²) < 4.78 is 13.0. The van der Waals surface area contributed by atoms with Crippen molar-refractivity contribution in [1.82, 2.24) is 24.3 Å². The number of carbonyl (C=O) groups excluding carboxylic acids is 1. The highest BCUT2D eigenvalue weighted by molar-refractivity contribution is 6.35. The van der Waals surface area contributed by atoms with Gasteiger partial charge in [-0.25, -0.2) is 9.97 Å². The number of nitrogens with zero attached hydrogens (tertiary/aromatic N) is 5. The number of likely N-dealkylation sites (N-methyl/N-ethyl adjacent to an activating group) is 1. The van der Waals surface area contributed by atoms with E-state index in [2.05, 4.69) is 14.9 Å². The van der Waals surface area contributed by atoms with Crippen molar-refractivity contribution in [3.8, 4) is 22.6 Å². The first-order valence-electron chi connectivity index (χ1n) is 13.2. The Bertz CT molecular complexity index is 1490. The number of para-hydroxylation sites is 1. The van der Waals surface area contributed by atoms with Gasteiger partial charge in [0.25, 0.3) is 0 Å². The second-order valence-electron chi connectivity index (χ2n) is 9.82. The van der Waals surface area contributed by atoms with E-state index in [-0.39, 0.29) is 11.9 Å². The van der Waals surface area contributed by atoms with Crippen molar-refractivity contribution in [2.45, 2.75) is 12.5 Å². The highest BCUT2D eigenvalue weighted by Gasteiger charge is 2.31. The highest BCUT2D eigenvalue weighted by atomic mass is 35.5. The van der Waals surface area contributed by atoms with Crippen molar-refractivity contribution in [1.29, 1.82) is 0 Å². The van der Waals surface area contributed by atoms with Crippen LogP contribution in [0.15, 0.2) is 73.1 Å². The normalized spacial score (nSPS) is 15.5. The number of aromatic nitrogens is 3. The monoisotopic (exact) mass is 560 g/mol. The van der Waals surface area contributed by atoms with Crippen LogP contribution >= 0.6 is 11.6 Å². The standard InChI is InChI=1S/C30H33ClN6O3/c1-35(17-18-39-2)15-6-9-25(38)36-16-14-22(19-36)37-28(31)26(27-29(32)33-20-34-30(27)37)21-10-12-24(13-11-21)40-23-7-4-3-5-8-23/h3-13,20,22H,14-19H2,1-2H3,(H2,32,33,34)/t22-/m1/s1. The number of hydrogen-bond donors (Lipinski definition) is 1. The van der Waals surface area contributed by atoms with E-state index in [1.54, 1.807) is 13.2 Å². The molecule has 1 atom stereocenters. The number of likely N-dealkylation sites (tertiary alicyclic amines) is 1. The van der Waals surface area contributed by atoms with E-state index in [1.165, 1.54) is 6.33 Å². The number of benzene rings is 2. The van der Waals surface area contributed by atoms with Crippen LogP contribution in [-0.2, 0) is 9.53 Å². The molecular formula is C30H33ClN6O3. The Morgan fingerprint density at radius 3 is 2.65 bits per heavy atom. The number of nitrogen functional groups attached to an aromatic ring is 1. The molecule has 4 aromatic rings. The number of hydrogen-bond acceptors (Lipinski definition) is 7. The molecule has 208 valence electrons. The van der Waals surface area contributed by atoms with Gasteiger partial charge in [-0.1, -0.05) is 48.0 Å². The number of amides is 1. The predicted molar refractivity (Wildman–Crippen MR) is 158 cm³/mol. The van der Waals surface area contributed by atoms with Crippen molar-refractivity contribution in [2.24, 2.45) is 0 Å². The molecule has 1 amide bonds. The number of carbonyl (C=O) groups is 1. The molecule has 0 unspecified atom stereocenters. The van der Waals surface area contributed by atoms with Crippen LogP contribution in [-0.4, -0.2) is 77.2 Å². The highest BCUT2D eigenvalue weighted by Crippen LogP contribution is 2.43. The molecule has 40 heavy (non-hydrogen) atoms. The third-order valence-corrected chi connectivity index (χ3v) is 7.44. The molecule has 1 saturated heterocycles. The lowest BCUT2D eigenvalue weighted by Gasteiger charge is -2.17. The summed E-state index contributed by atoms with van der Waals surface area (Å²) in [5, 5.41) is 1.22. The van der Waals surface area contributed by atoms with E-state index in [1.807, 2.05) is 77.2 Å². The zero-order valence-electron chi connectivity index (χ0n) is 22.7. The summed E-state index contributed by atoms with van der Waals surface area (Å²) in [6.07, 6.45) is 5.74. The summed E-state index contributed by atoms with van der Waals surface area (Å²) in [7, 11) is 3.67. The SMILES string of the molecule is COCCN(C)CC=CC(=O)N1CC[C@@H](n2c(Cl)c(-c3ccc(Oc4ccccc4)cc3)c3c(N)ncnc32)C1. The summed E-state index contributed by atoms with van der Waals surface area (Å²) in [5.41, 5.74) is 8.66. The predicted octanol–water partition coefficient (Wildman–Crippen LogP) is 5.03. The van der Waals surface area contributed by atoms with Gasteiger partial charge < -0.3 is 29.6 Å². The largest absolute Gasteiger partial charge is 0.457 e. The van der Waals surface area contributed by atoms with Gasteiger partial charge in [0.2, 0.25) is 5.91 Å². The molecule has 10 heteroatoms. The second kappa shape index (κ2) is 12.5. The minimum Gasteiger partial charge on any atom is -0.457 e. The lowest BCUT2D eigenvalue weighted by Crippen LogP contribution is -2.28. The molecule has 0 saturated carbocycles. The van der Waals surface area contributed by atoms with Gasteiger partial charge in [-0.15, -0.1) is 0 Å². The molecule has 0 bridgehead atoms. The molecule has 5 rings (SSSR count). The van der Waals surface area contributed by atoms with Gasteiger partial charge in [0.1, 0.15) is 34.4 Å². The van der Waals surface area contributed by atoms with Crippen molar-refractivity contribution in [2.75, 3.05) is 52.7 Å². The number of anilines is 1. The van der Waals surface area contributed by atoms with Gasteiger partial charge in [-0.05, 0) is 43.3 Å². The Labute approximate surface area is 238 Å². The Hall–Kier alpha value is -3.92. The fourth-order valence-corrected chi connectivity index (χ4v) is 5.39. The molecule has 0 spiro atoms. The molecule has 0 aliphatic carbocycles. The van der Waals surface area contributed by atoms with Gasteiger partial charge >= 0.3 is 0 Å². The van der Waals surface area contributed by atoms with E-state index < -0.39 is 0 Å². The Morgan fingerprint density at radius 2 is 1.90 bits per heavy atom. The van der Waals surface area contributed by atoms with Gasteiger partial charge in [0, 0.05) is 44.9 Å². The summed E-state index contributed by atoms with van der Waals surface area (Å²) >= 11 is 7.07. The number of ether oxygens (including phenoxy) is 2. The average Bonchev–Trinajstić information content (AvgIpc) is 3.56. The van der Waals surface area contributed by atoms with E-state index in [9.17, 15) is 4.79 Å². The van der Waals surface area contributed by atoms with Crippen molar-refractivity contribution >= 4 is 34.4 Å². The first-order valence-corrected chi connectivity index (χ1v) is 13.6. The zero-order valence-corrected chi connectivity index (χ0v) is 23.4. The van der Waals surface area contributed by atoms with Crippen molar-refractivity contribution in [3.63, 3.8) is 0 Å². The molecule has 2 aromatic heterocycles. The van der Waals surface area contributed by atoms with Crippen LogP contribution in [0.1, 0.15) is 12.5 Å². The fourth-order valence-electron chi connectivity index (χ4n) is 4.97. The minimum atomic E-state index is -0.0412. The van der Waals surface area contributed by atoms with Crippen LogP contribution in [0.5, 0.6) is 11.5 Å². The van der Waals surface area contributed by atoms with Crippen LogP contribution < -0.4 is 10.5 Å². The fraction of sp³-hybridized carbons (Fsp3) is 0.300. The first kappa shape index (κ1) is 27.6. The molecule has 2 N–H and O–H groups in total. The lowest BCUT2D eigenvalue weighted by molar-refractivity contribution is -0.125. The quantitative estimate of drug-likeness (QED) is 0.271. The minimum absolute atomic E-state index is 0.0152. The molecule has 2 aromatic carbocycles. The molecule has 3 heterocycles. The van der Waals surface area contributed by atoms with Gasteiger partial charge in [0.15, 0.2) is 0 Å². The Balaban J connectivity index is 1.37. The number of halogens is 1. The van der Waals surface area contributed by atoms with Crippen LogP contribution in [0, 0.1) is 0 Å². The van der Waals surface area contributed by atoms with Crippen LogP contribution in [0.4, 0.5) is 5.82 Å². The smallest absolute Gasteiger partial charge is 0.246 e.